The first-order valence-electron chi connectivity index (χ1n) is 5.51. The number of phenols is 1. The van der Waals surface area contributed by atoms with Crippen LogP contribution < -0.4 is 10.1 Å². The Labute approximate surface area is 118 Å². The molecule has 2 N–H and O–H groups in total. The van der Waals surface area contributed by atoms with Crippen LogP contribution in [-0.4, -0.2) is 17.2 Å². The van der Waals surface area contributed by atoms with E-state index in [0.29, 0.717) is 23.8 Å². The highest BCUT2D eigenvalue weighted by molar-refractivity contribution is 9.10. The first-order chi connectivity index (χ1) is 9.08. The fourth-order valence-electron chi connectivity index (χ4n) is 1.54. The predicted octanol–water partition coefficient (Wildman–Crippen LogP) is 3.31. The number of phenolic OH excluding ortho intramolecular Hbond substituents is 1. The monoisotopic (exact) mass is 326 g/mol. The standard InChI is InChI=1S/C13H12BrFN2O2/c1-19-13-5-9(14)4-12(17-13)16-7-8-2-3-10(15)6-11(8)18/h2-6,18H,7H2,1H3,(H,16,17). The predicted molar refractivity (Wildman–Crippen MR) is 73.9 cm³/mol. The van der Waals surface area contributed by atoms with Gasteiger partial charge in [-0.2, -0.15) is 4.98 Å². The van der Waals surface area contributed by atoms with E-state index >= 15 is 0 Å². The summed E-state index contributed by atoms with van der Waals surface area (Å²) < 4.78 is 18.7. The highest BCUT2D eigenvalue weighted by atomic mass is 79.9. The molecule has 0 aliphatic carbocycles. The lowest BCUT2D eigenvalue weighted by Crippen LogP contribution is -2.02. The summed E-state index contributed by atoms with van der Waals surface area (Å²) in [5, 5.41) is 12.6. The van der Waals surface area contributed by atoms with Gasteiger partial charge in [-0.3, -0.25) is 0 Å². The number of methoxy groups -OCH3 is 1. The van der Waals surface area contributed by atoms with Crippen LogP contribution in [0.5, 0.6) is 11.6 Å². The van der Waals surface area contributed by atoms with Crippen molar-refractivity contribution in [2.75, 3.05) is 12.4 Å². The molecule has 0 atom stereocenters. The molecule has 0 saturated carbocycles. The molecule has 0 fully saturated rings. The summed E-state index contributed by atoms with van der Waals surface area (Å²) in [5.74, 6) is 0.508. The Balaban J connectivity index is 2.12. The maximum atomic E-state index is 12.8. The van der Waals surface area contributed by atoms with Crippen molar-refractivity contribution in [3.05, 3.63) is 46.2 Å². The van der Waals surface area contributed by atoms with Crippen molar-refractivity contribution in [3.8, 4) is 11.6 Å². The third kappa shape index (κ3) is 3.57. The van der Waals surface area contributed by atoms with Gasteiger partial charge in [0.1, 0.15) is 17.4 Å². The van der Waals surface area contributed by atoms with Gasteiger partial charge in [0.05, 0.1) is 7.11 Å². The number of benzene rings is 1. The molecule has 0 spiro atoms. The first-order valence-corrected chi connectivity index (χ1v) is 6.30. The third-order valence-corrected chi connectivity index (χ3v) is 2.94. The van der Waals surface area contributed by atoms with Crippen LogP contribution >= 0.6 is 15.9 Å². The number of anilines is 1. The van der Waals surface area contributed by atoms with Gasteiger partial charge in [0.25, 0.3) is 0 Å². The fraction of sp³-hybridized carbons (Fsp3) is 0.154. The van der Waals surface area contributed by atoms with Crippen molar-refractivity contribution in [1.82, 2.24) is 4.98 Å². The molecule has 0 radical (unpaired) electrons. The van der Waals surface area contributed by atoms with Crippen LogP contribution in [0.25, 0.3) is 0 Å². The van der Waals surface area contributed by atoms with Gasteiger partial charge in [-0.1, -0.05) is 22.0 Å². The molecule has 1 aromatic carbocycles. The van der Waals surface area contributed by atoms with Gasteiger partial charge < -0.3 is 15.2 Å². The topological polar surface area (TPSA) is 54.4 Å². The van der Waals surface area contributed by atoms with Crippen molar-refractivity contribution in [1.29, 1.82) is 0 Å². The zero-order chi connectivity index (χ0) is 13.8. The summed E-state index contributed by atoms with van der Waals surface area (Å²) in [7, 11) is 1.53. The van der Waals surface area contributed by atoms with Crippen LogP contribution in [0, 0.1) is 5.82 Å². The second-order valence-corrected chi connectivity index (χ2v) is 4.76. The van der Waals surface area contributed by atoms with E-state index in [4.69, 9.17) is 4.74 Å². The number of aromatic nitrogens is 1. The van der Waals surface area contributed by atoms with E-state index in [0.717, 1.165) is 10.5 Å². The van der Waals surface area contributed by atoms with Crippen molar-refractivity contribution in [2.24, 2.45) is 0 Å². The zero-order valence-electron chi connectivity index (χ0n) is 10.2. The minimum Gasteiger partial charge on any atom is -0.507 e. The quantitative estimate of drug-likeness (QED) is 0.905. The van der Waals surface area contributed by atoms with Gasteiger partial charge in [-0.05, 0) is 12.1 Å². The Morgan fingerprint density at radius 3 is 2.84 bits per heavy atom. The molecule has 19 heavy (non-hydrogen) atoms. The van der Waals surface area contributed by atoms with E-state index in [9.17, 15) is 9.50 Å². The fourth-order valence-corrected chi connectivity index (χ4v) is 1.95. The molecule has 0 aliphatic rings. The maximum absolute atomic E-state index is 12.8. The van der Waals surface area contributed by atoms with Gasteiger partial charge in [-0.15, -0.1) is 0 Å². The summed E-state index contributed by atoms with van der Waals surface area (Å²) in [6.45, 7) is 0.332. The lowest BCUT2D eigenvalue weighted by atomic mass is 10.2. The molecule has 100 valence electrons. The Hall–Kier alpha value is -1.82. The average molecular weight is 327 g/mol. The summed E-state index contributed by atoms with van der Waals surface area (Å²) >= 11 is 3.35. The number of hydrogen-bond acceptors (Lipinski definition) is 4. The van der Waals surface area contributed by atoms with E-state index in [1.807, 2.05) is 0 Å². The van der Waals surface area contributed by atoms with E-state index < -0.39 is 5.82 Å². The van der Waals surface area contributed by atoms with Gasteiger partial charge in [0.15, 0.2) is 0 Å². The molecular formula is C13H12BrFN2O2. The summed E-state index contributed by atoms with van der Waals surface area (Å²) in [6.07, 6.45) is 0. The molecule has 4 nitrogen and oxygen atoms in total. The maximum Gasteiger partial charge on any atom is 0.216 e. The number of nitrogens with zero attached hydrogens (tertiary/aromatic N) is 1. The molecule has 6 heteroatoms. The SMILES string of the molecule is COc1cc(Br)cc(NCc2ccc(F)cc2O)n1. The van der Waals surface area contributed by atoms with Gasteiger partial charge in [0.2, 0.25) is 5.88 Å². The number of hydrogen-bond donors (Lipinski definition) is 2. The van der Waals surface area contributed by atoms with Crippen LogP contribution in [-0.2, 0) is 6.54 Å². The van der Waals surface area contributed by atoms with Gasteiger partial charge in [0, 0.05) is 28.7 Å². The summed E-state index contributed by atoms with van der Waals surface area (Å²) in [4.78, 5) is 4.20. The van der Waals surface area contributed by atoms with E-state index in [1.54, 1.807) is 12.1 Å². The highest BCUT2D eigenvalue weighted by Crippen LogP contribution is 2.23. The highest BCUT2D eigenvalue weighted by Gasteiger charge is 2.05. The molecule has 0 saturated heterocycles. The van der Waals surface area contributed by atoms with Crippen LogP contribution in [0.15, 0.2) is 34.8 Å². The zero-order valence-corrected chi connectivity index (χ0v) is 11.7. The number of halogens is 2. The summed E-state index contributed by atoms with van der Waals surface area (Å²) in [6, 6.07) is 7.41. The molecule has 0 amide bonds. The second-order valence-electron chi connectivity index (χ2n) is 3.84. The normalized spacial score (nSPS) is 10.3. The lowest BCUT2D eigenvalue weighted by molar-refractivity contribution is 0.398. The molecule has 0 aliphatic heterocycles. The largest absolute Gasteiger partial charge is 0.507 e. The van der Waals surface area contributed by atoms with E-state index in [1.165, 1.54) is 19.2 Å². The van der Waals surface area contributed by atoms with Gasteiger partial charge in [-0.25, -0.2) is 4.39 Å². The van der Waals surface area contributed by atoms with Crippen molar-refractivity contribution >= 4 is 21.7 Å². The van der Waals surface area contributed by atoms with Crippen molar-refractivity contribution < 1.29 is 14.2 Å². The second kappa shape index (κ2) is 5.88. The Kier molecular flexibility index (Phi) is 4.21. The number of ether oxygens (including phenoxy) is 1. The molecule has 1 aromatic heterocycles. The summed E-state index contributed by atoms with van der Waals surface area (Å²) in [5.41, 5.74) is 0.585. The molecule has 2 rings (SSSR count). The Morgan fingerprint density at radius 2 is 2.16 bits per heavy atom. The molecule has 0 unspecified atom stereocenters. The van der Waals surface area contributed by atoms with Crippen LogP contribution in [0.2, 0.25) is 0 Å². The lowest BCUT2D eigenvalue weighted by Gasteiger charge is -2.09. The van der Waals surface area contributed by atoms with E-state index in [2.05, 4.69) is 26.2 Å². The minimum absolute atomic E-state index is 0.0885. The Morgan fingerprint density at radius 1 is 1.37 bits per heavy atom. The van der Waals surface area contributed by atoms with Crippen molar-refractivity contribution in [2.45, 2.75) is 6.54 Å². The van der Waals surface area contributed by atoms with Crippen molar-refractivity contribution in [3.63, 3.8) is 0 Å². The minimum atomic E-state index is -0.469. The van der Waals surface area contributed by atoms with Crippen LogP contribution in [0.4, 0.5) is 10.2 Å². The van der Waals surface area contributed by atoms with Crippen LogP contribution in [0.1, 0.15) is 5.56 Å². The smallest absolute Gasteiger partial charge is 0.216 e. The number of pyridine rings is 1. The molecular weight excluding hydrogens is 315 g/mol. The first kappa shape index (κ1) is 13.6. The number of aromatic hydroxyl groups is 1. The molecule has 0 bridgehead atoms. The number of nitrogens with one attached hydrogen (secondary N) is 1. The molecule has 1 heterocycles. The number of rotatable bonds is 4. The van der Waals surface area contributed by atoms with Crippen LogP contribution in [0.3, 0.4) is 0 Å². The van der Waals surface area contributed by atoms with E-state index in [-0.39, 0.29) is 5.75 Å². The average Bonchev–Trinajstić information content (AvgIpc) is 2.37. The third-order valence-electron chi connectivity index (χ3n) is 2.48. The van der Waals surface area contributed by atoms with Gasteiger partial charge >= 0.3 is 0 Å². The Bertz CT molecular complexity index is 593. The molecule has 2 aromatic rings.